The Hall–Kier alpha value is -0.770. The summed E-state index contributed by atoms with van der Waals surface area (Å²) in [5.74, 6) is -0.908. The van der Waals surface area contributed by atoms with Gasteiger partial charge in [-0.1, -0.05) is 6.92 Å². The summed E-state index contributed by atoms with van der Waals surface area (Å²) >= 11 is 4.36. The van der Waals surface area contributed by atoms with Gasteiger partial charge in [0.1, 0.15) is 6.04 Å². The Kier molecular flexibility index (Phi) is 6.32. The first kappa shape index (κ1) is 12.2. The second kappa shape index (κ2) is 6.71. The molecular formula is C8H14N2O2S. The van der Waals surface area contributed by atoms with E-state index in [1.54, 1.807) is 0 Å². The highest BCUT2D eigenvalue weighted by Crippen LogP contribution is 1.93. The molecule has 0 aromatic heterocycles. The van der Waals surface area contributed by atoms with Crippen LogP contribution < -0.4 is 5.32 Å². The number of nitrogens with one attached hydrogen (secondary N) is 1. The fourth-order valence-corrected chi connectivity index (χ4v) is 0.866. The number of hydrogen-bond donors (Lipinski definition) is 2. The molecule has 0 aromatic carbocycles. The van der Waals surface area contributed by atoms with Gasteiger partial charge >= 0.3 is 5.97 Å². The van der Waals surface area contributed by atoms with Gasteiger partial charge in [-0.3, -0.25) is 4.79 Å². The second-order valence-electron chi connectivity index (χ2n) is 2.80. The van der Waals surface area contributed by atoms with Crippen molar-refractivity contribution in [3.63, 3.8) is 0 Å². The predicted octanol–water partition coefficient (Wildman–Crippen LogP) is 0.930. The largest absolute Gasteiger partial charge is 0.480 e. The molecule has 2 unspecified atom stereocenters. The van der Waals surface area contributed by atoms with Crippen molar-refractivity contribution in [2.45, 2.75) is 32.4 Å². The Labute approximate surface area is 83.1 Å². The van der Waals surface area contributed by atoms with Crippen LogP contribution in [0.3, 0.4) is 0 Å². The van der Waals surface area contributed by atoms with Gasteiger partial charge < -0.3 is 10.4 Å². The SMILES string of the molecule is CCC(C)NC(CN=C=S)C(=O)O. The van der Waals surface area contributed by atoms with Crippen LogP contribution in [0.25, 0.3) is 0 Å². The molecule has 2 atom stereocenters. The third kappa shape index (κ3) is 5.47. The van der Waals surface area contributed by atoms with E-state index in [-0.39, 0.29) is 12.6 Å². The van der Waals surface area contributed by atoms with Gasteiger partial charge in [-0.05, 0) is 25.6 Å². The minimum atomic E-state index is -0.908. The van der Waals surface area contributed by atoms with E-state index in [4.69, 9.17) is 5.11 Å². The minimum absolute atomic E-state index is 0.142. The molecule has 0 aliphatic heterocycles. The lowest BCUT2D eigenvalue weighted by Gasteiger charge is -2.16. The van der Waals surface area contributed by atoms with Crippen LogP contribution in [0.4, 0.5) is 0 Å². The van der Waals surface area contributed by atoms with Crippen molar-refractivity contribution in [2.24, 2.45) is 4.99 Å². The average molecular weight is 202 g/mol. The maximum Gasteiger partial charge on any atom is 0.322 e. The molecule has 5 heteroatoms. The summed E-state index contributed by atoms with van der Waals surface area (Å²) in [5.41, 5.74) is 0. The molecule has 0 aliphatic rings. The van der Waals surface area contributed by atoms with Gasteiger partial charge in [0.25, 0.3) is 0 Å². The van der Waals surface area contributed by atoms with Crippen LogP contribution in [0.15, 0.2) is 4.99 Å². The monoisotopic (exact) mass is 202 g/mol. The number of carboxylic acids is 1. The molecule has 0 amide bonds. The Bertz CT molecular complexity index is 214. The number of isothiocyanates is 1. The number of rotatable bonds is 6. The molecular weight excluding hydrogens is 188 g/mol. The minimum Gasteiger partial charge on any atom is -0.480 e. The molecule has 0 bridgehead atoms. The zero-order valence-electron chi connectivity index (χ0n) is 7.78. The number of hydrogen-bond acceptors (Lipinski definition) is 4. The highest BCUT2D eigenvalue weighted by molar-refractivity contribution is 7.78. The quantitative estimate of drug-likeness (QED) is 0.497. The zero-order valence-corrected chi connectivity index (χ0v) is 8.60. The Morgan fingerprint density at radius 2 is 2.38 bits per heavy atom. The van der Waals surface area contributed by atoms with E-state index in [9.17, 15) is 4.79 Å². The topological polar surface area (TPSA) is 61.7 Å². The maximum absolute atomic E-state index is 10.7. The van der Waals surface area contributed by atoms with Gasteiger partial charge in [0.15, 0.2) is 0 Å². The Morgan fingerprint density at radius 1 is 1.77 bits per heavy atom. The zero-order chi connectivity index (χ0) is 10.3. The molecule has 0 rings (SSSR count). The number of thiocarbonyl (C=S) groups is 1. The lowest BCUT2D eigenvalue weighted by molar-refractivity contribution is -0.139. The van der Waals surface area contributed by atoms with E-state index in [0.717, 1.165) is 6.42 Å². The summed E-state index contributed by atoms with van der Waals surface area (Å²) < 4.78 is 0. The van der Waals surface area contributed by atoms with Gasteiger partial charge in [0.05, 0.1) is 11.7 Å². The van der Waals surface area contributed by atoms with Crippen LogP contribution in [0.1, 0.15) is 20.3 Å². The molecule has 0 saturated heterocycles. The number of nitrogens with zero attached hydrogens (tertiary/aromatic N) is 1. The third-order valence-electron chi connectivity index (χ3n) is 1.73. The van der Waals surface area contributed by atoms with Crippen LogP contribution in [-0.2, 0) is 4.79 Å². The first-order valence-electron chi connectivity index (χ1n) is 4.14. The Balaban J connectivity index is 4.09. The number of carboxylic acid groups (broad SMARTS) is 1. The highest BCUT2D eigenvalue weighted by Gasteiger charge is 2.17. The van der Waals surface area contributed by atoms with Gasteiger partial charge in [-0.2, -0.15) is 0 Å². The highest BCUT2D eigenvalue weighted by atomic mass is 32.1. The van der Waals surface area contributed by atoms with Crippen LogP contribution in [0.2, 0.25) is 0 Å². The molecule has 0 aliphatic carbocycles. The van der Waals surface area contributed by atoms with E-state index >= 15 is 0 Å². The summed E-state index contributed by atoms with van der Waals surface area (Å²) in [7, 11) is 0. The molecule has 0 heterocycles. The smallest absolute Gasteiger partial charge is 0.322 e. The summed E-state index contributed by atoms with van der Waals surface area (Å²) in [6.45, 7) is 4.05. The number of aliphatic carboxylic acids is 1. The molecule has 2 N–H and O–H groups in total. The standard InChI is InChI=1S/C8H14N2O2S/c1-3-6(2)10-7(8(11)12)4-9-5-13/h6-7,10H,3-4H2,1-2H3,(H,11,12). The van der Waals surface area contributed by atoms with Gasteiger partial charge in [0, 0.05) is 6.04 Å². The van der Waals surface area contributed by atoms with Crippen molar-refractivity contribution in [3.8, 4) is 0 Å². The molecule has 0 fully saturated rings. The van der Waals surface area contributed by atoms with Crippen molar-refractivity contribution in [2.75, 3.05) is 6.54 Å². The van der Waals surface area contributed by atoms with Crippen LogP contribution in [0.5, 0.6) is 0 Å². The third-order valence-corrected chi connectivity index (χ3v) is 1.86. The normalized spacial score (nSPS) is 14.3. The lowest BCUT2D eigenvalue weighted by atomic mass is 10.2. The van der Waals surface area contributed by atoms with E-state index < -0.39 is 12.0 Å². The van der Waals surface area contributed by atoms with Crippen molar-refractivity contribution in [1.82, 2.24) is 5.32 Å². The molecule has 4 nitrogen and oxygen atoms in total. The van der Waals surface area contributed by atoms with Crippen LogP contribution in [0, 0.1) is 0 Å². The summed E-state index contributed by atoms with van der Waals surface area (Å²) in [5, 5.41) is 13.8. The molecule has 0 radical (unpaired) electrons. The average Bonchev–Trinajstić information content (AvgIpc) is 2.11. The lowest BCUT2D eigenvalue weighted by Crippen LogP contribution is -2.43. The molecule has 0 aromatic rings. The molecule has 0 spiro atoms. The van der Waals surface area contributed by atoms with E-state index in [1.165, 1.54) is 0 Å². The van der Waals surface area contributed by atoms with E-state index in [1.807, 2.05) is 13.8 Å². The van der Waals surface area contributed by atoms with Gasteiger partial charge in [-0.25, -0.2) is 4.99 Å². The van der Waals surface area contributed by atoms with Crippen molar-refractivity contribution in [1.29, 1.82) is 0 Å². The first-order valence-corrected chi connectivity index (χ1v) is 4.55. The Morgan fingerprint density at radius 3 is 2.77 bits per heavy atom. The van der Waals surface area contributed by atoms with Gasteiger partial charge in [0.2, 0.25) is 0 Å². The number of aliphatic imine (C=N–C) groups is 1. The van der Waals surface area contributed by atoms with Crippen LogP contribution >= 0.6 is 12.2 Å². The number of carbonyl (C=O) groups is 1. The first-order chi connectivity index (χ1) is 6.11. The fraction of sp³-hybridized carbons (Fsp3) is 0.750. The van der Waals surface area contributed by atoms with Crippen molar-refractivity contribution >= 4 is 23.3 Å². The molecule has 74 valence electrons. The van der Waals surface area contributed by atoms with E-state index in [0.29, 0.717) is 0 Å². The maximum atomic E-state index is 10.7. The summed E-state index contributed by atoms with van der Waals surface area (Å²) in [6.07, 6.45) is 0.880. The van der Waals surface area contributed by atoms with Crippen molar-refractivity contribution < 1.29 is 9.90 Å². The van der Waals surface area contributed by atoms with Gasteiger partial charge in [-0.15, -0.1) is 0 Å². The van der Waals surface area contributed by atoms with E-state index in [2.05, 4.69) is 27.7 Å². The summed E-state index contributed by atoms with van der Waals surface area (Å²) in [4.78, 5) is 14.3. The fourth-order valence-electron chi connectivity index (χ4n) is 0.792. The predicted molar refractivity (Wildman–Crippen MR) is 54.2 cm³/mol. The van der Waals surface area contributed by atoms with Crippen LogP contribution in [-0.4, -0.2) is 34.9 Å². The molecule has 0 saturated carbocycles. The molecule has 13 heavy (non-hydrogen) atoms. The van der Waals surface area contributed by atoms with Crippen molar-refractivity contribution in [3.05, 3.63) is 0 Å². The summed E-state index contributed by atoms with van der Waals surface area (Å²) in [6, 6.07) is -0.494. The second-order valence-corrected chi connectivity index (χ2v) is 2.98.